The molecule has 236 valence electrons. The molecule has 2 aromatic heterocycles. The maximum atomic E-state index is 12.5. The Hall–Kier alpha value is -3.99. The van der Waals surface area contributed by atoms with Gasteiger partial charge >= 0.3 is 11.9 Å². The highest BCUT2D eigenvalue weighted by molar-refractivity contribution is 7.81. The Labute approximate surface area is 262 Å². The van der Waals surface area contributed by atoms with Crippen molar-refractivity contribution in [1.29, 1.82) is 0 Å². The molecule has 0 fully saturated rings. The van der Waals surface area contributed by atoms with E-state index in [4.69, 9.17) is 0 Å². The number of rotatable bonds is 13. The monoisotopic (exact) mass is 622 g/mol. The molecular weight excluding hydrogens is 580 g/mol. The second kappa shape index (κ2) is 13.3. The van der Waals surface area contributed by atoms with E-state index >= 15 is 0 Å². The smallest absolute Gasteiger partial charge is 0.303 e. The maximum Gasteiger partial charge on any atom is 0.303 e. The number of aromatic nitrogens is 2. The van der Waals surface area contributed by atoms with Crippen molar-refractivity contribution in [2.24, 2.45) is 5.92 Å². The second-order valence-electron chi connectivity index (χ2n) is 11.7. The summed E-state index contributed by atoms with van der Waals surface area (Å²) in [6, 6.07) is 0. The van der Waals surface area contributed by atoms with Crippen molar-refractivity contribution in [2.75, 3.05) is 0 Å². The Kier molecular flexibility index (Phi) is 9.98. The molecule has 6 N–H and O–H groups in total. The van der Waals surface area contributed by atoms with Crippen molar-refractivity contribution in [3.05, 3.63) is 73.1 Å². The van der Waals surface area contributed by atoms with Gasteiger partial charge in [0.05, 0.1) is 5.92 Å². The molecule has 2 aromatic rings. The first-order valence-electron chi connectivity index (χ1n) is 15.0. The van der Waals surface area contributed by atoms with E-state index in [-0.39, 0.29) is 35.8 Å². The predicted octanol–water partition coefficient (Wildman–Crippen LogP) is 4.66. The average Bonchev–Trinajstić information content (AvgIpc) is 3.59. The summed E-state index contributed by atoms with van der Waals surface area (Å²) < 4.78 is 0. The van der Waals surface area contributed by atoms with Crippen LogP contribution in [0.1, 0.15) is 92.0 Å². The fourth-order valence-electron chi connectivity index (χ4n) is 6.43. The van der Waals surface area contributed by atoms with Gasteiger partial charge in [0.25, 0.3) is 5.91 Å². The van der Waals surface area contributed by atoms with Crippen molar-refractivity contribution in [1.82, 2.24) is 20.6 Å². The van der Waals surface area contributed by atoms with E-state index in [0.717, 1.165) is 67.4 Å². The number of carboxylic acids is 2. The normalized spacial score (nSPS) is 18.4. The summed E-state index contributed by atoms with van der Waals surface area (Å²) in [7, 11) is 0. The number of thiol groups is 1. The molecule has 0 aromatic carbocycles. The third-order valence-electron chi connectivity index (χ3n) is 8.92. The molecule has 1 unspecified atom stereocenters. The lowest BCUT2D eigenvalue weighted by molar-refractivity contribution is -0.138. The molecule has 0 bridgehead atoms. The Morgan fingerprint density at radius 2 is 1.50 bits per heavy atom. The highest BCUT2D eigenvalue weighted by Gasteiger charge is 2.32. The van der Waals surface area contributed by atoms with Gasteiger partial charge in [-0.05, 0) is 93.4 Å². The molecule has 10 nitrogen and oxygen atoms in total. The molecule has 4 rings (SSSR count). The summed E-state index contributed by atoms with van der Waals surface area (Å²) in [5.74, 6) is -2.25. The fourth-order valence-corrected chi connectivity index (χ4v) is 6.81. The number of allylic oxidation sites excluding steroid dienone is 2. The van der Waals surface area contributed by atoms with Gasteiger partial charge in [0.2, 0.25) is 5.91 Å². The van der Waals surface area contributed by atoms with Gasteiger partial charge in [-0.1, -0.05) is 6.92 Å². The van der Waals surface area contributed by atoms with Gasteiger partial charge in [-0.3, -0.25) is 19.2 Å². The van der Waals surface area contributed by atoms with E-state index < -0.39 is 11.9 Å². The molecule has 4 heterocycles. The first-order chi connectivity index (χ1) is 20.7. The molecule has 2 aliphatic heterocycles. The van der Waals surface area contributed by atoms with E-state index in [0.29, 0.717) is 37.8 Å². The lowest BCUT2D eigenvalue weighted by Gasteiger charge is -2.12. The number of carboxylic acid groups (broad SMARTS) is 2. The van der Waals surface area contributed by atoms with Gasteiger partial charge in [0.1, 0.15) is 0 Å². The number of amides is 2. The summed E-state index contributed by atoms with van der Waals surface area (Å²) in [4.78, 5) is 55.1. The second-order valence-corrected chi connectivity index (χ2v) is 12.5. The molecular formula is C33H42N4O6S. The minimum Gasteiger partial charge on any atom is -0.481 e. The van der Waals surface area contributed by atoms with E-state index in [1.54, 1.807) is 0 Å². The lowest BCUT2D eigenvalue weighted by atomic mass is 9.96. The quantitative estimate of drug-likeness (QED) is 0.161. The van der Waals surface area contributed by atoms with Crippen LogP contribution in [-0.2, 0) is 44.9 Å². The standard InChI is InChI=1S/C33H42N4O6S/c1-7-20-15(2)25(36-33(20)43)12-23-16(3)21(8-10-29(38)39)26(34-23)14-27-22(9-11-30(40)41)17(4)24(35-27)13-28-31(19(6)44)18(5)32(42)37-28/h12,18-19,34-35,44H,7-11,13-14H2,1-6H3,(H,36,43)(H,37,42)(H,38,39)(H,40,41)/b25-12-/t18?,19-/m1/s1. The fraction of sp³-hybridized carbons (Fsp3) is 0.455. The summed E-state index contributed by atoms with van der Waals surface area (Å²) in [6.07, 6.45) is 3.90. The zero-order chi connectivity index (χ0) is 32.5. The zero-order valence-corrected chi connectivity index (χ0v) is 27.1. The molecule has 0 aliphatic carbocycles. The Morgan fingerprint density at radius 1 is 0.909 bits per heavy atom. The summed E-state index contributed by atoms with van der Waals surface area (Å²) in [6.45, 7) is 11.6. The summed E-state index contributed by atoms with van der Waals surface area (Å²) >= 11 is 4.61. The van der Waals surface area contributed by atoms with Crippen molar-refractivity contribution in [2.45, 2.75) is 91.7 Å². The first kappa shape index (κ1) is 32.9. The molecule has 0 radical (unpaired) electrons. The topological polar surface area (TPSA) is 164 Å². The molecule has 44 heavy (non-hydrogen) atoms. The van der Waals surface area contributed by atoms with Gasteiger partial charge in [-0.2, -0.15) is 12.6 Å². The molecule has 11 heteroatoms. The van der Waals surface area contributed by atoms with Gasteiger partial charge in [0.15, 0.2) is 0 Å². The number of nitrogens with one attached hydrogen (secondary N) is 4. The molecule has 2 aliphatic rings. The van der Waals surface area contributed by atoms with E-state index in [9.17, 15) is 29.4 Å². The number of hydrogen-bond acceptors (Lipinski definition) is 5. The Bertz CT molecular complexity index is 1620. The molecule has 0 spiro atoms. The Balaban J connectivity index is 1.77. The molecule has 2 amide bonds. The van der Waals surface area contributed by atoms with Crippen LogP contribution < -0.4 is 10.6 Å². The van der Waals surface area contributed by atoms with Crippen molar-refractivity contribution < 1.29 is 29.4 Å². The minimum absolute atomic E-state index is 0.0431. The largest absolute Gasteiger partial charge is 0.481 e. The van der Waals surface area contributed by atoms with Crippen LogP contribution in [-0.4, -0.2) is 49.2 Å². The van der Waals surface area contributed by atoms with Crippen LogP contribution in [0.15, 0.2) is 28.1 Å². The third-order valence-corrected chi connectivity index (χ3v) is 9.19. The Morgan fingerprint density at radius 3 is 2.05 bits per heavy atom. The third kappa shape index (κ3) is 6.72. The number of H-pyrrole nitrogens is 2. The lowest BCUT2D eigenvalue weighted by Crippen LogP contribution is -2.21. The van der Waals surface area contributed by atoms with Crippen LogP contribution in [0.25, 0.3) is 6.08 Å². The van der Waals surface area contributed by atoms with Crippen LogP contribution in [0.5, 0.6) is 0 Å². The van der Waals surface area contributed by atoms with Gasteiger partial charge in [-0.15, -0.1) is 0 Å². The highest BCUT2D eigenvalue weighted by atomic mass is 32.1. The number of carbonyl (C=O) groups excluding carboxylic acids is 2. The van der Waals surface area contributed by atoms with E-state index in [1.807, 2.05) is 47.6 Å². The van der Waals surface area contributed by atoms with Crippen LogP contribution in [0.3, 0.4) is 0 Å². The summed E-state index contributed by atoms with van der Waals surface area (Å²) in [5, 5.41) is 24.8. The number of carbonyl (C=O) groups is 4. The molecule has 0 saturated heterocycles. The zero-order valence-electron chi connectivity index (χ0n) is 26.2. The van der Waals surface area contributed by atoms with E-state index in [2.05, 4.69) is 33.2 Å². The average molecular weight is 623 g/mol. The summed E-state index contributed by atoms with van der Waals surface area (Å²) in [5.41, 5.74) is 11.0. The highest BCUT2D eigenvalue weighted by Crippen LogP contribution is 2.33. The number of hydrogen-bond donors (Lipinski definition) is 7. The van der Waals surface area contributed by atoms with Gasteiger partial charge in [-0.25, -0.2) is 0 Å². The van der Waals surface area contributed by atoms with Crippen LogP contribution in [0.2, 0.25) is 0 Å². The maximum absolute atomic E-state index is 12.5. The number of aliphatic carboxylic acids is 2. The number of aromatic amines is 2. The van der Waals surface area contributed by atoms with Crippen LogP contribution >= 0.6 is 12.6 Å². The van der Waals surface area contributed by atoms with Gasteiger partial charge < -0.3 is 30.8 Å². The molecule has 2 atom stereocenters. The van der Waals surface area contributed by atoms with Crippen molar-refractivity contribution >= 4 is 42.5 Å². The van der Waals surface area contributed by atoms with Crippen LogP contribution in [0, 0.1) is 19.8 Å². The van der Waals surface area contributed by atoms with Crippen molar-refractivity contribution in [3.8, 4) is 0 Å². The van der Waals surface area contributed by atoms with E-state index in [1.165, 1.54) is 0 Å². The predicted molar refractivity (Wildman–Crippen MR) is 171 cm³/mol. The van der Waals surface area contributed by atoms with Gasteiger partial charge in [0, 0.05) is 70.7 Å². The van der Waals surface area contributed by atoms with Crippen molar-refractivity contribution in [3.63, 3.8) is 0 Å². The van der Waals surface area contributed by atoms with Crippen LogP contribution in [0.4, 0.5) is 0 Å². The first-order valence-corrected chi connectivity index (χ1v) is 15.5. The molecule has 0 saturated carbocycles. The SMILES string of the molecule is CCC1=C(C)/C(=C/c2[nH]c(Cc3[nH]c(CC4=C([C@@H](C)S)C(C)C(=O)N4)c(C)c3CCC(=O)O)c(CCC(=O)O)c2C)NC1=O. The minimum atomic E-state index is -0.902.